The standard InChI is InChI=1S/C29H25N7/c1-18(2)28-33-24-8-6-16-31-29(24)36(28)22-13-11-20(12-14-22)27-34-25(21-10-9-19(3)32-17-21)26(35-27)23-7-4-5-15-30-23/h4-18H,1-3H3,(H,34,35). The van der Waals surface area contributed by atoms with Crippen molar-refractivity contribution < 1.29 is 0 Å². The van der Waals surface area contributed by atoms with E-state index in [0.29, 0.717) is 0 Å². The van der Waals surface area contributed by atoms with Crippen LogP contribution >= 0.6 is 0 Å². The largest absolute Gasteiger partial charge is 0.337 e. The van der Waals surface area contributed by atoms with Crippen molar-refractivity contribution in [3.63, 3.8) is 0 Å². The third-order valence-corrected chi connectivity index (χ3v) is 6.17. The zero-order chi connectivity index (χ0) is 24.6. The lowest BCUT2D eigenvalue weighted by Crippen LogP contribution is -2.03. The summed E-state index contributed by atoms with van der Waals surface area (Å²) >= 11 is 0. The first kappa shape index (κ1) is 21.9. The maximum Gasteiger partial charge on any atom is 0.164 e. The van der Waals surface area contributed by atoms with Gasteiger partial charge in [0.25, 0.3) is 0 Å². The van der Waals surface area contributed by atoms with Crippen molar-refractivity contribution in [2.75, 3.05) is 0 Å². The Kier molecular flexibility index (Phi) is 5.37. The number of imidazole rings is 2. The van der Waals surface area contributed by atoms with Gasteiger partial charge in [-0.2, -0.15) is 0 Å². The third-order valence-electron chi connectivity index (χ3n) is 6.17. The molecule has 7 heteroatoms. The van der Waals surface area contributed by atoms with Gasteiger partial charge in [-0.3, -0.25) is 14.5 Å². The predicted octanol–water partition coefficient (Wildman–Crippen LogP) is 6.37. The molecule has 1 aromatic carbocycles. The van der Waals surface area contributed by atoms with Crippen LogP contribution in [0.5, 0.6) is 0 Å². The molecule has 0 amide bonds. The minimum atomic E-state index is 0.260. The average molecular weight is 472 g/mol. The molecule has 1 N–H and O–H groups in total. The van der Waals surface area contributed by atoms with Crippen LogP contribution in [0.3, 0.4) is 0 Å². The van der Waals surface area contributed by atoms with Gasteiger partial charge in [0.2, 0.25) is 0 Å². The van der Waals surface area contributed by atoms with Crippen molar-refractivity contribution in [3.05, 3.63) is 96.8 Å². The molecule has 0 fully saturated rings. The van der Waals surface area contributed by atoms with Crippen molar-refractivity contribution in [2.45, 2.75) is 26.7 Å². The summed E-state index contributed by atoms with van der Waals surface area (Å²) < 4.78 is 2.13. The number of aromatic amines is 1. The Morgan fingerprint density at radius 1 is 0.778 bits per heavy atom. The van der Waals surface area contributed by atoms with Crippen LogP contribution in [0.1, 0.15) is 31.3 Å². The molecule has 0 radical (unpaired) electrons. The summed E-state index contributed by atoms with van der Waals surface area (Å²) in [6.07, 6.45) is 5.46. The summed E-state index contributed by atoms with van der Waals surface area (Å²) in [5.41, 5.74) is 8.19. The average Bonchev–Trinajstić information content (AvgIpc) is 3.53. The maximum absolute atomic E-state index is 4.96. The minimum Gasteiger partial charge on any atom is -0.337 e. The Morgan fingerprint density at radius 2 is 1.58 bits per heavy atom. The van der Waals surface area contributed by atoms with Gasteiger partial charge in [0.05, 0.1) is 11.4 Å². The number of pyridine rings is 3. The van der Waals surface area contributed by atoms with Crippen LogP contribution in [0.2, 0.25) is 0 Å². The fraction of sp³-hybridized carbons (Fsp3) is 0.138. The van der Waals surface area contributed by atoms with E-state index in [2.05, 4.69) is 68.7 Å². The molecular weight excluding hydrogens is 446 g/mol. The molecule has 36 heavy (non-hydrogen) atoms. The number of H-pyrrole nitrogens is 1. The van der Waals surface area contributed by atoms with Gasteiger partial charge in [-0.05, 0) is 67.6 Å². The maximum atomic E-state index is 4.96. The number of aryl methyl sites for hydroxylation is 1. The van der Waals surface area contributed by atoms with Crippen molar-refractivity contribution >= 4 is 11.2 Å². The molecule has 0 aliphatic heterocycles. The lowest BCUT2D eigenvalue weighted by atomic mass is 10.1. The van der Waals surface area contributed by atoms with E-state index in [9.17, 15) is 0 Å². The second kappa shape index (κ2) is 8.85. The van der Waals surface area contributed by atoms with Crippen LogP contribution in [-0.4, -0.2) is 34.5 Å². The van der Waals surface area contributed by atoms with Crippen LogP contribution in [0.25, 0.3) is 50.9 Å². The first-order valence-electron chi connectivity index (χ1n) is 12.0. The molecule has 0 saturated carbocycles. The van der Waals surface area contributed by atoms with Gasteiger partial charge < -0.3 is 4.98 Å². The number of rotatable bonds is 5. The first-order chi connectivity index (χ1) is 17.6. The monoisotopic (exact) mass is 471 g/mol. The Balaban J connectivity index is 1.44. The number of aromatic nitrogens is 7. The Labute approximate surface area is 209 Å². The number of benzene rings is 1. The zero-order valence-electron chi connectivity index (χ0n) is 20.3. The first-order valence-corrected chi connectivity index (χ1v) is 12.0. The smallest absolute Gasteiger partial charge is 0.164 e. The van der Waals surface area contributed by atoms with Gasteiger partial charge in [0, 0.05) is 47.0 Å². The number of hydrogen-bond acceptors (Lipinski definition) is 5. The van der Waals surface area contributed by atoms with Gasteiger partial charge in [-0.15, -0.1) is 0 Å². The van der Waals surface area contributed by atoms with Crippen molar-refractivity contribution in [2.24, 2.45) is 0 Å². The Bertz CT molecular complexity index is 1640. The molecule has 7 nitrogen and oxygen atoms in total. The zero-order valence-corrected chi connectivity index (χ0v) is 20.3. The van der Waals surface area contributed by atoms with E-state index >= 15 is 0 Å². The van der Waals surface area contributed by atoms with E-state index in [1.807, 2.05) is 55.7 Å². The molecule has 0 saturated heterocycles. The summed E-state index contributed by atoms with van der Waals surface area (Å²) in [4.78, 5) is 26.9. The molecule has 0 bridgehead atoms. The second-order valence-corrected chi connectivity index (χ2v) is 9.07. The van der Waals surface area contributed by atoms with Crippen molar-refractivity contribution in [3.8, 4) is 39.7 Å². The number of hydrogen-bond donors (Lipinski definition) is 1. The van der Waals surface area contributed by atoms with Crippen LogP contribution in [0, 0.1) is 6.92 Å². The van der Waals surface area contributed by atoms with Crippen LogP contribution in [-0.2, 0) is 0 Å². The molecule has 0 unspecified atom stereocenters. The molecule has 0 atom stereocenters. The third kappa shape index (κ3) is 3.84. The molecule has 5 aromatic heterocycles. The summed E-state index contributed by atoms with van der Waals surface area (Å²) in [6, 6.07) is 22.2. The number of fused-ring (bicyclic) bond motifs is 1. The predicted molar refractivity (Wildman–Crippen MR) is 142 cm³/mol. The topological polar surface area (TPSA) is 85.2 Å². The Hall–Kier alpha value is -4.65. The van der Waals surface area contributed by atoms with Crippen LogP contribution in [0.15, 0.2) is 85.3 Å². The molecule has 0 spiro atoms. The summed E-state index contributed by atoms with van der Waals surface area (Å²) in [5.74, 6) is 2.02. The summed E-state index contributed by atoms with van der Waals surface area (Å²) in [5, 5.41) is 0. The molecule has 176 valence electrons. The second-order valence-electron chi connectivity index (χ2n) is 9.07. The fourth-order valence-corrected chi connectivity index (χ4v) is 4.36. The molecule has 6 aromatic rings. The van der Waals surface area contributed by atoms with Crippen LogP contribution < -0.4 is 0 Å². The van der Waals surface area contributed by atoms with E-state index in [-0.39, 0.29) is 5.92 Å². The summed E-state index contributed by atoms with van der Waals surface area (Å²) in [6.45, 7) is 6.28. The van der Waals surface area contributed by atoms with Crippen molar-refractivity contribution in [1.82, 2.24) is 34.5 Å². The van der Waals surface area contributed by atoms with Crippen molar-refractivity contribution in [1.29, 1.82) is 0 Å². The van der Waals surface area contributed by atoms with Gasteiger partial charge in [-0.1, -0.05) is 19.9 Å². The van der Waals surface area contributed by atoms with E-state index in [1.165, 1.54) is 0 Å². The Morgan fingerprint density at radius 3 is 2.31 bits per heavy atom. The van der Waals surface area contributed by atoms with Gasteiger partial charge >= 0.3 is 0 Å². The quantitative estimate of drug-likeness (QED) is 0.316. The van der Waals surface area contributed by atoms with E-state index in [0.717, 1.165) is 62.4 Å². The molecular formula is C29H25N7. The molecule has 0 aliphatic rings. The fourth-order valence-electron chi connectivity index (χ4n) is 4.36. The molecule has 0 aliphatic carbocycles. The molecule has 5 heterocycles. The van der Waals surface area contributed by atoms with Gasteiger partial charge in [0.1, 0.15) is 22.9 Å². The number of nitrogens with one attached hydrogen (secondary N) is 1. The lowest BCUT2D eigenvalue weighted by molar-refractivity contribution is 0.757. The molecule has 6 rings (SSSR count). The van der Waals surface area contributed by atoms with E-state index in [4.69, 9.17) is 9.97 Å². The normalized spacial score (nSPS) is 11.4. The minimum absolute atomic E-state index is 0.260. The highest BCUT2D eigenvalue weighted by atomic mass is 15.1. The lowest BCUT2D eigenvalue weighted by Gasteiger charge is -2.11. The highest BCUT2D eigenvalue weighted by Crippen LogP contribution is 2.33. The van der Waals surface area contributed by atoms with Gasteiger partial charge in [-0.25, -0.2) is 15.0 Å². The van der Waals surface area contributed by atoms with Gasteiger partial charge in [0.15, 0.2) is 5.65 Å². The SMILES string of the molecule is Cc1ccc(-c2[nH]c(-c3ccc(-n4c(C(C)C)nc5cccnc54)cc3)nc2-c2ccccn2)cn1. The van der Waals surface area contributed by atoms with E-state index in [1.54, 1.807) is 6.20 Å². The van der Waals surface area contributed by atoms with Crippen LogP contribution in [0.4, 0.5) is 0 Å². The van der Waals surface area contributed by atoms with E-state index < -0.39 is 0 Å². The highest BCUT2D eigenvalue weighted by molar-refractivity contribution is 5.80. The summed E-state index contributed by atoms with van der Waals surface area (Å²) in [7, 11) is 0. The number of nitrogens with zero attached hydrogens (tertiary/aromatic N) is 6. The highest BCUT2D eigenvalue weighted by Gasteiger charge is 2.18.